The number of nitrogens with one attached hydrogen (secondary N) is 1. The molecule has 6 heteroatoms. The molecule has 21 heavy (non-hydrogen) atoms. The Morgan fingerprint density at radius 1 is 1.29 bits per heavy atom. The van der Waals surface area contributed by atoms with Crippen LogP contribution in [0, 0.1) is 5.92 Å². The zero-order valence-electron chi connectivity index (χ0n) is 12.1. The molecule has 5 nitrogen and oxygen atoms in total. The van der Waals surface area contributed by atoms with E-state index in [1.807, 2.05) is 25.1 Å². The van der Waals surface area contributed by atoms with E-state index in [0.29, 0.717) is 37.3 Å². The zero-order valence-corrected chi connectivity index (χ0v) is 13.0. The van der Waals surface area contributed by atoms with Gasteiger partial charge in [-0.15, -0.1) is 12.4 Å². The van der Waals surface area contributed by atoms with Crippen LogP contribution in [0.3, 0.4) is 0 Å². The lowest BCUT2D eigenvalue weighted by atomic mass is 9.91. The minimum atomic E-state index is -0.117. The third-order valence-corrected chi connectivity index (χ3v) is 3.76. The average molecular weight is 311 g/mol. The molecular formula is C15H19ClN2O3. The standard InChI is InChI=1S/C15H18N2O3.ClH/c1-17(2)7-10-8-20-13-6-12-9(3-4-14(18)16-12)5-11(13)15(10)19;/h5-6,10H,3-4,7-8H2,1-2H3,(H,16,18);1H. The molecule has 0 bridgehead atoms. The predicted octanol–water partition coefficient (Wildman–Crippen LogP) is 1.75. The molecule has 0 saturated heterocycles. The van der Waals surface area contributed by atoms with Crippen LogP contribution in [0.1, 0.15) is 22.3 Å². The van der Waals surface area contributed by atoms with Crippen LogP contribution in [0.4, 0.5) is 5.69 Å². The monoisotopic (exact) mass is 310 g/mol. The lowest BCUT2D eigenvalue weighted by Gasteiger charge is -2.28. The van der Waals surface area contributed by atoms with Crippen molar-refractivity contribution in [2.24, 2.45) is 5.92 Å². The first-order chi connectivity index (χ1) is 9.54. The number of aryl methyl sites for hydroxylation is 1. The molecule has 1 unspecified atom stereocenters. The molecule has 114 valence electrons. The first kappa shape index (κ1) is 15.8. The van der Waals surface area contributed by atoms with Crippen LogP contribution >= 0.6 is 12.4 Å². The Labute approximate surface area is 130 Å². The smallest absolute Gasteiger partial charge is 0.224 e. The first-order valence-electron chi connectivity index (χ1n) is 6.83. The molecule has 1 amide bonds. The fourth-order valence-corrected chi connectivity index (χ4v) is 2.78. The van der Waals surface area contributed by atoms with E-state index >= 15 is 0 Å². The number of anilines is 1. The lowest BCUT2D eigenvalue weighted by molar-refractivity contribution is -0.116. The second-order valence-corrected chi connectivity index (χ2v) is 5.69. The van der Waals surface area contributed by atoms with E-state index in [0.717, 1.165) is 11.3 Å². The summed E-state index contributed by atoms with van der Waals surface area (Å²) in [4.78, 5) is 25.9. The van der Waals surface area contributed by atoms with E-state index in [2.05, 4.69) is 5.32 Å². The summed E-state index contributed by atoms with van der Waals surface area (Å²) in [6, 6.07) is 3.67. The Balaban J connectivity index is 0.00000161. The predicted molar refractivity (Wildman–Crippen MR) is 82.5 cm³/mol. The molecule has 0 saturated carbocycles. The van der Waals surface area contributed by atoms with E-state index in [4.69, 9.17) is 4.74 Å². The molecule has 2 aliphatic rings. The van der Waals surface area contributed by atoms with Gasteiger partial charge in [-0.05, 0) is 32.1 Å². The van der Waals surface area contributed by atoms with E-state index < -0.39 is 0 Å². The number of ether oxygens (including phenoxy) is 1. The van der Waals surface area contributed by atoms with Crippen LogP contribution in [0.15, 0.2) is 12.1 Å². The third kappa shape index (κ3) is 3.04. The van der Waals surface area contributed by atoms with Crippen LogP contribution in [0.5, 0.6) is 5.75 Å². The summed E-state index contributed by atoms with van der Waals surface area (Å²) in [5, 5.41) is 2.83. The van der Waals surface area contributed by atoms with Crippen molar-refractivity contribution < 1.29 is 14.3 Å². The number of carbonyl (C=O) groups excluding carboxylic acids is 2. The van der Waals surface area contributed by atoms with Gasteiger partial charge in [0.2, 0.25) is 5.91 Å². The highest BCUT2D eigenvalue weighted by Gasteiger charge is 2.31. The molecule has 2 aliphatic heterocycles. The minimum Gasteiger partial charge on any atom is -0.492 e. The van der Waals surface area contributed by atoms with Crippen LogP contribution in [0.25, 0.3) is 0 Å². The number of halogens is 1. The van der Waals surface area contributed by atoms with Crippen molar-refractivity contribution in [3.05, 3.63) is 23.3 Å². The fraction of sp³-hybridized carbons (Fsp3) is 0.467. The summed E-state index contributed by atoms with van der Waals surface area (Å²) < 4.78 is 5.71. The molecule has 0 radical (unpaired) electrons. The Morgan fingerprint density at radius 2 is 2.05 bits per heavy atom. The van der Waals surface area contributed by atoms with Gasteiger partial charge in [-0.1, -0.05) is 0 Å². The zero-order chi connectivity index (χ0) is 14.3. The molecule has 0 spiro atoms. The van der Waals surface area contributed by atoms with Gasteiger partial charge in [-0.2, -0.15) is 0 Å². The second-order valence-electron chi connectivity index (χ2n) is 5.69. The van der Waals surface area contributed by atoms with Crippen LogP contribution in [-0.4, -0.2) is 43.8 Å². The summed E-state index contributed by atoms with van der Waals surface area (Å²) >= 11 is 0. The maximum Gasteiger partial charge on any atom is 0.224 e. The van der Waals surface area contributed by atoms with Gasteiger partial charge in [0.1, 0.15) is 5.75 Å². The fourth-order valence-electron chi connectivity index (χ4n) is 2.78. The van der Waals surface area contributed by atoms with Gasteiger partial charge < -0.3 is 15.0 Å². The molecule has 1 atom stereocenters. The van der Waals surface area contributed by atoms with E-state index in [9.17, 15) is 9.59 Å². The van der Waals surface area contributed by atoms with Crippen LogP contribution in [-0.2, 0) is 11.2 Å². The third-order valence-electron chi connectivity index (χ3n) is 3.76. The number of rotatable bonds is 2. The first-order valence-corrected chi connectivity index (χ1v) is 6.83. The normalized spacial score (nSPS) is 20.0. The molecule has 1 aromatic rings. The quantitative estimate of drug-likeness (QED) is 0.904. The molecule has 0 fully saturated rings. The lowest BCUT2D eigenvalue weighted by Crippen LogP contribution is -2.36. The van der Waals surface area contributed by atoms with Crippen molar-refractivity contribution in [2.45, 2.75) is 12.8 Å². The van der Waals surface area contributed by atoms with Crippen LogP contribution < -0.4 is 10.1 Å². The summed E-state index contributed by atoms with van der Waals surface area (Å²) in [5.41, 5.74) is 2.45. The highest BCUT2D eigenvalue weighted by atomic mass is 35.5. The summed E-state index contributed by atoms with van der Waals surface area (Å²) in [6.45, 7) is 1.09. The summed E-state index contributed by atoms with van der Waals surface area (Å²) in [6.07, 6.45) is 1.15. The van der Waals surface area contributed by atoms with Gasteiger partial charge in [0.25, 0.3) is 0 Å². The van der Waals surface area contributed by atoms with Gasteiger partial charge in [-0.3, -0.25) is 9.59 Å². The molecule has 3 rings (SSSR count). The van der Waals surface area contributed by atoms with Gasteiger partial charge >= 0.3 is 0 Å². The highest BCUT2D eigenvalue weighted by molar-refractivity contribution is 6.03. The molecule has 0 aliphatic carbocycles. The Morgan fingerprint density at radius 3 is 2.76 bits per heavy atom. The molecule has 0 aromatic heterocycles. The van der Waals surface area contributed by atoms with Crippen molar-refractivity contribution in [1.82, 2.24) is 4.90 Å². The maximum absolute atomic E-state index is 12.5. The average Bonchev–Trinajstić information content (AvgIpc) is 2.40. The number of nitrogens with zero attached hydrogens (tertiary/aromatic N) is 1. The number of ketones is 1. The molecular weight excluding hydrogens is 292 g/mol. The Kier molecular flexibility index (Phi) is 4.54. The van der Waals surface area contributed by atoms with Gasteiger partial charge in [0, 0.05) is 24.7 Å². The summed E-state index contributed by atoms with van der Waals surface area (Å²) in [5.74, 6) is 0.629. The van der Waals surface area contributed by atoms with Crippen molar-refractivity contribution >= 4 is 29.8 Å². The number of benzene rings is 1. The van der Waals surface area contributed by atoms with Crippen molar-refractivity contribution in [3.63, 3.8) is 0 Å². The van der Waals surface area contributed by atoms with E-state index in [1.165, 1.54) is 0 Å². The topological polar surface area (TPSA) is 58.6 Å². The van der Waals surface area contributed by atoms with Gasteiger partial charge in [0.15, 0.2) is 5.78 Å². The number of Topliss-reactive ketones (excluding diaryl/α,β-unsaturated/α-hetero) is 1. The largest absolute Gasteiger partial charge is 0.492 e. The second kappa shape index (κ2) is 6.03. The maximum atomic E-state index is 12.5. The number of hydrogen-bond acceptors (Lipinski definition) is 4. The number of hydrogen-bond donors (Lipinski definition) is 1. The van der Waals surface area contributed by atoms with Crippen molar-refractivity contribution in [2.75, 3.05) is 32.6 Å². The molecule has 2 heterocycles. The number of fused-ring (bicyclic) bond motifs is 2. The van der Waals surface area contributed by atoms with Gasteiger partial charge in [-0.25, -0.2) is 0 Å². The Bertz CT molecular complexity index is 587. The SMILES string of the molecule is CN(C)CC1COc2cc3c(cc2C1=O)CCC(=O)N3.Cl. The van der Waals surface area contributed by atoms with Crippen LogP contribution in [0.2, 0.25) is 0 Å². The van der Waals surface area contributed by atoms with Crippen molar-refractivity contribution in [1.29, 1.82) is 0 Å². The highest BCUT2D eigenvalue weighted by Crippen LogP contribution is 2.35. The Hall–Kier alpha value is -1.59. The minimum absolute atomic E-state index is 0. The van der Waals surface area contributed by atoms with Gasteiger partial charge in [0.05, 0.1) is 18.1 Å². The molecule has 1 N–H and O–H groups in total. The number of amides is 1. The van der Waals surface area contributed by atoms with E-state index in [1.54, 1.807) is 6.07 Å². The van der Waals surface area contributed by atoms with Crippen molar-refractivity contribution in [3.8, 4) is 5.75 Å². The molecule has 1 aromatic carbocycles. The summed E-state index contributed by atoms with van der Waals surface area (Å²) in [7, 11) is 3.90. The number of carbonyl (C=O) groups is 2. The van der Waals surface area contributed by atoms with E-state index in [-0.39, 0.29) is 30.0 Å².